The first kappa shape index (κ1) is 16.2. The average Bonchev–Trinajstić information content (AvgIpc) is 3.33. The van der Waals surface area contributed by atoms with E-state index in [1.54, 1.807) is 0 Å². The lowest BCUT2D eigenvalue weighted by atomic mass is 10.1. The number of anilines is 2. The van der Waals surface area contributed by atoms with Crippen LogP contribution in [0.1, 0.15) is 46.2 Å². The van der Waals surface area contributed by atoms with Crippen molar-refractivity contribution in [3.8, 4) is 0 Å². The van der Waals surface area contributed by atoms with E-state index in [1.165, 1.54) is 19.1 Å². The van der Waals surface area contributed by atoms with Crippen LogP contribution in [0.15, 0.2) is 24.3 Å². The van der Waals surface area contributed by atoms with Crippen LogP contribution in [0.3, 0.4) is 0 Å². The topological polar surface area (TPSA) is 75.1 Å². The number of nitrogens with zero attached hydrogens (tertiary/aromatic N) is 2. The molecule has 0 atom stereocenters. The number of benzene rings is 1. The van der Waals surface area contributed by atoms with Gasteiger partial charge in [-0.2, -0.15) is 13.2 Å². The highest BCUT2D eigenvalue weighted by Crippen LogP contribution is 2.39. The normalized spacial score (nSPS) is 14.5. The van der Waals surface area contributed by atoms with Crippen molar-refractivity contribution in [2.45, 2.75) is 31.9 Å². The fourth-order valence-corrected chi connectivity index (χ4v) is 2.30. The van der Waals surface area contributed by atoms with E-state index in [0.29, 0.717) is 5.82 Å². The number of carboxylic acids is 1. The second-order valence-electron chi connectivity index (χ2n) is 5.69. The van der Waals surface area contributed by atoms with Crippen LogP contribution < -0.4 is 5.32 Å². The SMILES string of the molecule is Cc1c(Nc2cccc(C(F)(F)F)c2)nc(C2CC2)nc1C(=O)O. The van der Waals surface area contributed by atoms with E-state index in [9.17, 15) is 23.1 Å². The summed E-state index contributed by atoms with van der Waals surface area (Å²) in [6, 6.07) is 4.67. The molecule has 0 amide bonds. The lowest BCUT2D eigenvalue weighted by Gasteiger charge is -2.14. The quantitative estimate of drug-likeness (QED) is 0.878. The summed E-state index contributed by atoms with van der Waals surface area (Å²) in [5.74, 6) is -0.453. The van der Waals surface area contributed by atoms with E-state index >= 15 is 0 Å². The highest BCUT2D eigenvalue weighted by Gasteiger charge is 2.31. The molecule has 1 aliphatic carbocycles. The zero-order valence-electron chi connectivity index (χ0n) is 12.7. The molecule has 0 radical (unpaired) electrons. The summed E-state index contributed by atoms with van der Waals surface area (Å²) in [4.78, 5) is 19.7. The van der Waals surface area contributed by atoms with Gasteiger partial charge in [-0.3, -0.25) is 0 Å². The lowest BCUT2D eigenvalue weighted by molar-refractivity contribution is -0.137. The van der Waals surface area contributed by atoms with Crippen LogP contribution in [0.2, 0.25) is 0 Å². The Labute approximate surface area is 135 Å². The molecule has 0 saturated heterocycles. The van der Waals surface area contributed by atoms with E-state index in [1.807, 2.05) is 0 Å². The number of hydrogen-bond acceptors (Lipinski definition) is 4. The van der Waals surface area contributed by atoms with Gasteiger partial charge >= 0.3 is 12.1 Å². The van der Waals surface area contributed by atoms with E-state index in [2.05, 4.69) is 15.3 Å². The van der Waals surface area contributed by atoms with Crippen molar-refractivity contribution in [1.82, 2.24) is 9.97 Å². The number of carboxylic acid groups (broad SMARTS) is 1. The van der Waals surface area contributed by atoms with Gasteiger partial charge in [0.05, 0.1) is 5.56 Å². The highest BCUT2D eigenvalue weighted by molar-refractivity contribution is 5.88. The van der Waals surface area contributed by atoms with Crippen molar-refractivity contribution < 1.29 is 23.1 Å². The Kier molecular flexibility index (Phi) is 3.90. The largest absolute Gasteiger partial charge is 0.476 e. The Morgan fingerprint density at radius 3 is 2.58 bits per heavy atom. The van der Waals surface area contributed by atoms with Gasteiger partial charge in [-0.25, -0.2) is 14.8 Å². The van der Waals surface area contributed by atoms with Gasteiger partial charge < -0.3 is 10.4 Å². The summed E-state index contributed by atoms with van der Waals surface area (Å²) >= 11 is 0. The molecule has 5 nitrogen and oxygen atoms in total. The number of hydrogen-bond donors (Lipinski definition) is 2. The number of carbonyl (C=O) groups is 1. The molecule has 0 spiro atoms. The molecule has 1 aromatic heterocycles. The van der Waals surface area contributed by atoms with Crippen molar-refractivity contribution in [3.63, 3.8) is 0 Å². The number of halogens is 3. The van der Waals surface area contributed by atoms with E-state index < -0.39 is 17.7 Å². The molecule has 0 bridgehead atoms. The third-order valence-electron chi connectivity index (χ3n) is 3.76. The van der Waals surface area contributed by atoms with Crippen LogP contribution in [0.5, 0.6) is 0 Å². The predicted molar refractivity (Wildman–Crippen MR) is 80.4 cm³/mol. The van der Waals surface area contributed by atoms with Crippen LogP contribution in [0.25, 0.3) is 0 Å². The van der Waals surface area contributed by atoms with Gasteiger partial charge in [-0.1, -0.05) is 6.07 Å². The van der Waals surface area contributed by atoms with Gasteiger partial charge in [0.25, 0.3) is 0 Å². The second-order valence-corrected chi connectivity index (χ2v) is 5.69. The van der Waals surface area contributed by atoms with Gasteiger partial charge in [0, 0.05) is 17.2 Å². The van der Waals surface area contributed by atoms with E-state index in [-0.39, 0.29) is 28.7 Å². The molecule has 2 N–H and O–H groups in total. The maximum atomic E-state index is 12.8. The molecule has 24 heavy (non-hydrogen) atoms. The zero-order valence-corrected chi connectivity index (χ0v) is 12.7. The van der Waals surface area contributed by atoms with Crippen LogP contribution in [-0.4, -0.2) is 21.0 Å². The van der Waals surface area contributed by atoms with Crippen LogP contribution in [0, 0.1) is 6.92 Å². The van der Waals surface area contributed by atoms with Crippen molar-refractivity contribution in [2.24, 2.45) is 0 Å². The number of aromatic nitrogens is 2. The summed E-state index contributed by atoms with van der Waals surface area (Å²) in [6.07, 6.45) is -2.69. The summed E-state index contributed by atoms with van der Waals surface area (Å²) in [5, 5.41) is 12.1. The third kappa shape index (κ3) is 3.32. The van der Waals surface area contributed by atoms with E-state index in [0.717, 1.165) is 25.0 Å². The number of rotatable bonds is 4. The van der Waals surface area contributed by atoms with Gasteiger partial charge in [-0.15, -0.1) is 0 Å². The Balaban J connectivity index is 1.99. The van der Waals surface area contributed by atoms with Crippen molar-refractivity contribution in [1.29, 1.82) is 0 Å². The third-order valence-corrected chi connectivity index (χ3v) is 3.76. The molecule has 0 aliphatic heterocycles. The Morgan fingerprint density at radius 2 is 2.00 bits per heavy atom. The Bertz CT molecular complexity index is 802. The smallest absolute Gasteiger partial charge is 0.416 e. The van der Waals surface area contributed by atoms with Crippen molar-refractivity contribution >= 4 is 17.5 Å². The molecule has 1 aliphatic rings. The first-order chi connectivity index (χ1) is 11.3. The fraction of sp³-hybridized carbons (Fsp3) is 0.312. The van der Waals surface area contributed by atoms with Gasteiger partial charge in [0.15, 0.2) is 5.69 Å². The average molecular weight is 337 g/mol. The Hall–Kier alpha value is -2.64. The summed E-state index contributed by atoms with van der Waals surface area (Å²) < 4.78 is 38.4. The molecule has 126 valence electrons. The summed E-state index contributed by atoms with van der Waals surface area (Å²) in [7, 11) is 0. The molecule has 1 saturated carbocycles. The molecule has 2 aromatic rings. The zero-order chi connectivity index (χ0) is 17.5. The van der Waals surface area contributed by atoms with Gasteiger partial charge in [0.1, 0.15) is 11.6 Å². The minimum Gasteiger partial charge on any atom is -0.476 e. The maximum Gasteiger partial charge on any atom is 0.416 e. The van der Waals surface area contributed by atoms with Gasteiger partial charge in [0.2, 0.25) is 0 Å². The van der Waals surface area contributed by atoms with Crippen LogP contribution in [-0.2, 0) is 6.18 Å². The van der Waals surface area contributed by atoms with Crippen molar-refractivity contribution in [2.75, 3.05) is 5.32 Å². The Morgan fingerprint density at radius 1 is 1.29 bits per heavy atom. The summed E-state index contributed by atoms with van der Waals surface area (Å²) in [6.45, 7) is 1.52. The van der Waals surface area contributed by atoms with Crippen LogP contribution in [0.4, 0.5) is 24.7 Å². The first-order valence-electron chi connectivity index (χ1n) is 7.32. The molecule has 0 unspecified atom stereocenters. The molecule has 8 heteroatoms. The minimum absolute atomic E-state index is 0.116. The predicted octanol–water partition coefficient (Wildman–Crippen LogP) is 4.12. The fourth-order valence-electron chi connectivity index (χ4n) is 2.30. The standard InChI is InChI=1S/C16H14F3N3O2/c1-8-12(15(23)24)21-14(9-5-6-9)22-13(8)20-11-4-2-3-10(7-11)16(17,18)19/h2-4,7,9H,5-6H2,1H3,(H,23,24)(H,20,21,22). The molecular weight excluding hydrogens is 323 g/mol. The first-order valence-corrected chi connectivity index (χ1v) is 7.32. The van der Waals surface area contributed by atoms with E-state index in [4.69, 9.17) is 0 Å². The molecule has 1 fully saturated rings. The maximum absolute atomic E-state index is 12.8. The monoisotopic (exact) mass is 337 g/mol. The number of alkyl halides is 3. The lowest BCUT2D eigenvalue weighted by Crippen LogP contribution is -2.11. The molecular formula is C16H14F3N3O2. The minimum atomic E-state index is -4.45. The number of aromatic carboxylic acids is 1. The summed E-state index contributed by atoms with van der Waals surface area (Å²) in [5.41, 5.74) is -0.463. The molecule has 1 aromatic carbocycles. The van der Waals surface area contributed by atoms with Crippen molar-refractivity contribution in [3.05, 3.63) is 46.9 Å². The highest BCUT2D eigenvalue weighted by atomic mass is 19.4. The molecule has 1 heterocycles. The molecule has 3 rings (SSSR count). The second kappa shape index (κ2) is 5.77. The van der Waals surface area contributed by atoms with Gasteiger partial charge in [-0.05, 0) is 38.0 Å². The van der Waals surface area contributed by atoms with Crippen LogP contribution >= 0.6 is 0 Å². The number of nitrogens with one attached hydrogen (secondary N) is 1.